The lowest BCUT2D eigenvalue weighted by Gasteiger charge is -2.06. The van der Waals surface area contributed by atoms with Gasteiger partial charge in [0.2, 0.25) is 0 Å². The van der Waals surface area contributed by atoms with Crippen LogP contribution in [0.25, 0.3) is 16.9 Å². The first kappa shape index (κ1) is 10.4. The third-order valence-corrected chi connectivity index (χ3v) is 2.69. The van der Waals surface area contributed by atoms with E-state index in [9.17, 15) is 0 Å². The average Bonchev–Trinajstić information content (AvgIpc) is 2.87. The molecule has 3 aromatic heterocycles. The van der Waals surface area contributed by atoms with Gasteiger partial charge in [-0.2, -0.15) is 5.10 Å². The molecular weight excluding hydrogens is 228 g/mol. The first-order chi connectivity index (χ1) is 8.77. The van der Waals surface area contributed by atoms with Crippen molar-refractivity contribution in [2.45, 2.75) is 0 Å². The fourth-order valence-corrected chi connectivity index (χ4v) is 1.86. The quantitative estimate of drug-likeness (QED) is 0.516. The van der Waals surface area contributed by atoms with E-state index < -0.39 is 0 Å². The van der Waals surface area contributed by atoms with Crippen LogP contribution in [-0.4, -0.2) is 25.4 Å². The van der Waals surface area contributed by atoms with E-state index in [-0.39, 0.29) is 5.84 Å². The highest BCUT2D eigenvalue weighted by Gasteiger charge is 2.10. The molecule has 0 aliphatic rings. The molecule has 3 N–H and O–H groups in total. The lowest BCUT2D eigenvalue weighted by atomic mass is 10.1. The second-order valence-electron chi connectivity index (χ2n) is 3.78. The monoisotopic (exact) mass is 238 g/mol. The minimum absolute atomic E-state index is 0.0192. The molecule has 18 heavy (non-hydrogen) atoms. The van der Waals surface area contributed by atoms with Crippen LogP contribution in [0.1, 0.15) is 5.56 Å². The van der Waals surface area contributed by atoms with Crippen LogP contribution in [-0.2, 0) is 0 Å². The molecule has 0 fully saturated rings. The molecule has 3 heterocycles. The zero-order valence-electron chi connectivity index (χ0n) is 9.41. The SMILES string of the molecule is N=C(N)c1ccc(-c2ccncc2)n2ncnc12. The summed E-state index contributed by atoms with van der Waals surface area (Å²) < 4.78 is 1.67. The highest BCUT2D eigenvalue weighted by Crippen LogP contribution is 2.20. The summed E-state index contributed by atoms with van der Waals surface area (Å²) in [5.41, 5.74) is 8.54. The third kappa shape index (κ3) is 1.51. The molecule has 3 aromatic rings. The second kappa shape index (κ2) is 3.92. The number of aromatic nitrogens is 4. The Labute approximate surface area is 103 Å². The van der Waals surface area contributed by atoms with Gasteiger partial charge in [0, 0.05) is 18.0 Å². The molecule has 0 saturated carbocycles. The van der Waals surface area contributed by atoms with Gasteiger partial charge >= 0.3 is 0 Å². The lowest BCUT2D eigenvalue weighted by molar-refractivity contribution is 0.967. The normalized spacial score (nSPS) is 10.7. The van der Waals surface area contributed by atoms with E-state index >= 15 is 0 Å². The molecular formula is C12H10N6. The Morgan fingerprint density at radius 2 is 1.94 bits per heavy atom. The molecule has 3 rings (SSSR count). The molecule has 0 bridgehead atoms. The number of nitrogens with two attached hydrogens (primary N) is 1. The molecule has 0 radical (unpaired) electrons. The van der Waals surface area contributed by atoms with Crippen LogP contribution in [0.4, 0.5) is 0 Å². The van der Waals surface area contributed by atoms with Gasteiger partial charge in [0.25, 0.3) is 0 Å². The average molecular weight is 238 g/mol. The van der Waals surface area contributed by atoms with Crippen molar-refractivity contribution in [2.75, 3.05) is 0 Å². The number of hydrogen-bond acceptors (Lipinski definition) is 4. The summed E-state index contributed by atoms with van der Waals surface area (Å²) in [7, 11) is 0. The summed E-state index contributed by atoms with van der Waals surface area (Å²) in [6, 6.07) is 7.43. The number of rotatable bonds is 2. The van der Waals surface area contributed by atoms with Crippen molar-refractivity contribution in [1.29, 1.82) is 5.41 Å². The van der Waals surface area contributed by atoms with Crippen LogP contribution in [0.2, 0.25) is 0 Å². The van der Waals surface area contributed by atoms with E-state index in [1.807, 2.05) is 18.2 Å². The fourth-order valence-electron chi connectivity index (χ4n) is 1.86. The smallest absolute Gasteiger partial charge is 0.166 e. The van der Waals surface area contributed by atoms with Gasteiger partial charge in [-0.05, 0) is 24.3 Å². The van der Waals surface area contributed by atoms with Crippen molar-refractivity contribution in [2.24, 2.45) is 5.73 Å². The topological polar surface area (TPSA) is 93.0 Å². The van der Waals surface area contributed by atoms with E-state index in [0.29, 0.717) is 11.2 Å². The van der Waals surface area contributed by atoms with Crippen molar-refractivity contribution < 1.29 is 0 Å². The fraction of sp³-hybridized carbons (Fsp3) is 0. The molecule has 0 saturated heterocycles. The Kier molecular flexibility index (Phi) is 2.26. The molecule has 88 valence electrons. The standard InChI is InChI=1S/C12H10N6/c13-11(14)9-1-2-10(8-3-5-15-6-4-8)18-12(9)16-7-17-18/h1-7H,(H3,13,14). The van der Waals surface area contributed by atoms with Crippen molar-refractivity contribution in [3.63, 3.8) is 0 Å². The largest absolute Gasteiger partial charge is 0.384 e. The third-order valence-electron chi connectivity index (χ3n) is 2.69. The number of pyridine rings is 2. The maximum atomic E-state index is 7.52. The first-order valence-electron chi connectivity index (χ1n) is 5.35. The second-order valence-corrected chi connectivity index (χ2v) is 3.78. The van der Waals surface area contributed by atoms with Gasteiger partial charge in [-0.15, -0.1) is 0 Å². The van der Waals surface area contributed by atoms with Gasteiger partial charge in [-0.1, -0.05) is 0 Å². The lowest BCUT2D eigenvalue weighted by Crippen LogP contribution is -2.13. The Bertz CT molecular complexity index is 716. The van der Waals surface area contributed by atoms with E-state index in [1.54, 1.807) is 23.0 Å². The molecule has 6 heteroatoms. The zero-order valence-corrected chi connectivity index (χ0v) is 9.41. The summed E-state index contributed by atoms with van der Waals surface area (Å²) in [5.74, 6) is -0.0192. The van der Waals surface area contributed by atoms with Gasteiger partial charge < -0.3 is 5.73 Å². The van der Waals surface area contributed by atoms with Crippen LogP contribution in [0.3, 0.4) is 0 Å². The number of nitrogens with one attached hydrogen (secondary N) is 1. The predicted molar refractivity (Wildman–Crippen MR) is 67.2 cm³/mol. The van der Waals surface area contributed by atoms with Crippen molar-refractivity contribution >= 4 is 11.5 Å². The Balaban J connectivity index is 2.30. The van der Waals surface area contributed by atoms with E-state index in [2.05, 4.69) is 15.1 Å². The minimum atomic E-state index is -0.0192. The number of nitrogen functional groups attached to an aromatic ring is 1. The van der Waals surface area contributed by atoms with Crippen molar-refractivity contribution in [1.82, 2.24) is 19.6 Å². The predicted octanol–water partition coefficient (Wildman–Crippen LogP) is 1.08. The molecule has 0 aromatic carbocycles. The maximum absolute atomic E-state index is 7.52. The number of hydrogen-bond donors (Lipinski definition) is 2. The van der Waals surface area contributed by atoms with E-state index in [4.69, 9.17) is 11.1 Å². The highest BCUT2D eigenvalue weighted by atomic mass is 15.3. The molecule has 0 spiro atoms. The van der Waals surface area contributed by atoms with Crippen LogP contribution in [0, 0.1) is 5.41 Å². The maximum Gasteiger partial charge on any atom is 0.166 e. The van der Waals surface area contributed by atoms with Gasteiger partial charge in [-0.3, -0.25) is 10.4 Å². The summed E-state index contributed by atoms with van der Waals surface area (Å²) in [6.07, 6.45) is 4.89. The van der Waals surface area contributed by atoms with Crippen LogP contribution < -0.4 is 5.73 Å². The van der Waals surface area contributed by atoms with Crippen LogP contribution in [0.15, 0.2) is 43.0 Å². The number of amidine groups is 1. The number of nitrogens with zero attached hydrogens (tertiary/aromatic N) is 4. The first-order valence-corrected chi connectivity index (χ1v) is 5.35. The van der Waals surface area contributed by atoms with Crippen LogP contribution >= 0.6 is 0 Å². The number of fused-ring (bicyclic) bond motifs is 1. The van der Waals surface area contributed by atoms with Crippen LogP contribution in [0.5, 0.6) is 0 Å². The van der Waals surface area contributed by atoms with Gasteiger partial charge in [0.05, 0.1) is 11.3 Å². The van der Waals surface area contributed by atoms with E-state index in [1.165, 1.54) is 6.33 Å². The highest BCUT2D eigenvalue weighted by molar-refractivity contribution is 6.00. The van der Waals surface area contributed by atoms with Crippen molar-refractivity contribution in [3.8, 4) is 11.3 Å². The summed E-state index contributed by atoms with van der Waals surface area (Å²) in [6.45, 7) is 0. The molecule has 0 atom stereocenters. The summed E-state index contributed by atoms with van der Waals surface area (Å²) in [4.78, 5) is 8.13. The van der Waals surface area contributed by atoms with Gasteiger partial charge in [0.15, 0.2) is 5.65 Å². The van der Waals surface area contributed by atoms with Crippen molar-refractivity contribution in [3.05, 3.63) is 48.5 Å². The van der Waals surface area contributed by atoms with Gasteiger partial charge in [0.1, 0.15) is 12.2 Å². The summed E-state index contributed by atoms with van der Waals surface area (Å²) >= 11 is 0. The van der Waals surface area contributed by atoms with E-state index in [0.717, 1.165) is 11.3 Å². The Hall–Kier alpha value is -2.76. The zero-order chi connectivity index (χ0) is 12.5. The molecule has 0 amide bonds. The Morgan fingerprint density at radius 1 is 1.17 bits per heavy atom. The molecule has 6 nitrogen and oxygen atoms in total. The molecule has 0 aliphatic carbocycles. The molecule has 0 unspecified atom stereocenters. The minimum Gasteiger partial charge on any atom is -0.384 e. The summed E-state index contributed by atoms with van der Waals surface area (Å²) in [5, 5.41) is 11.7. The Morgan fingerprint density at radius 3 is 2.67 bits per heavy atom. The molecule has 0 aliphatic heterocycles. The van der Waals surface area contributed by atoms with Gasteiger partial charge in [-0.25, -0.2) is 9.50 Å².